The zero-order chi connectivity index (χ0) is 21.4. The fourth-order valence-corrected chi connectivity index (χ4v) is 5.01. The molecule has 0 bridgehead atoms. The quantitative estimate of drug-likeness (QED) is 0.336. The van der Waals surface area contributed by atoms with Crippen molar-refractivity contribution in [3.8, 4) is 0 Å². The van der Waals surface area contributed by atoms with Crippen LogP contribution < -0.4 is 5.56 Å². The van der Waals surface area contributed by atoms with E-state index in [9.17, 15) is 14.4 Å². The average molecular weight is 436 g/mol. The molecule has 7 nitrogen and oxygen atoms in total. The summed E-state index contributed by atoms with van der Waals surface area (Å²) in [6.45, 7) is 1.41. The Hall–Kier alpha value is -2.97. The highest BCUT2D eigenvalue weighted by molar-refractivity contribution is 7.99. The number of nitrogens with zero attached hydrogens (tertiary/aromatic N) is 3. The Bertz CT molecular complexity index is 1200. The number of para-hydroxylation sites is 1. The molecule has 158 valence electrons. The molecule has 8 heteroatoms. The molecule has 1 unspecified atom stereocenters. The molecule has 31 heavy (non-hydrogen) atoms. The van der Waals surface area contributed by atoms with Gasteiger partial charge < -0.3 is 4.74 Å². The van der Waals surface area contributed by atoms with Crippen LogP contribution in [0.4, 0.5) is 0 Å². The number of benzene rings is 2. The number of carbonyl (C=O) groups is 2. The van der Waals surface area contributed by atoms with Crippen molar-refractivity contribution in [1.29, 1.82) is 0 Å². The monoisotopic (exact) mass is 435 g/mol. The molecule has 1 saturated heterocycles. The topological polar surface area (TPSA) is 81.5 Å². The predicted molar refractivity (Wildman–Crippen MR) is 118 cm³/mol. The van der Waals surface area contributed by atoms with Gasteiger partial charge in [0.15, 0.2) is 5.16 Å². The molecule has 3 heterocycles. The van der Waals surface area contributed by atoms with E-state index < -0.39 is 0 Å². The molecule has 2 aliphatic rings. The fourth-order valence-electron chi connectivity index (χ4n) is 4.08. The molecular formula is C23H21N3O4S. The number of rotatable bonds is 6. The van der Waals surface area contributed by atoms with Crippen LogP contribution in [0.1, 0.15) is 33.6 Å². The second-order valence-corrected chi connectivity index (χ2v) is 8.68. The van der Waals surface area contributed by atoms with Gasteiger partial charge in [0.2, 0.25) is 0 Å². The van der Waals surface area contributed by atoms with Gasteiger partial charge in [-0.2, -0.15) is 0 Å². The maximum absolute atomic E-state index is 13.1. The number of carbonyl (C=O) groups excluding carboxylic acids is 2. The summed E-state index contributed by atoms with van der Waals surface area (Å²) in [5.41, 5.74) is 1.43. The van der Waals surface area contributed by atoms with Gasteiger partial charge in [0.25, 0.3) is 17.4 Å². The molecule has 3 aromatic rings. The molecule has 2 aromatic carbocycles. The molecule has 1 fully saturated rings. The van der Waals surface area contributed by atoms with Crippen LogP contribution in [-0.4, -0.2) is 51.3 Å². The first-order valence-electron chi connectivity index (χ1n) is 10.3. The summed E-state index contributed by atoms with van der Waals surface area (Å²) in [5, 5.41) is 1.15. The Labute approximate surface area is 183 Å². The summed E-state index contributed by atoms with van der Waals surface area (Å²) < 4.78 is 7.41. The van der Waals surface area contributed by atoms with Crippen LogP contribution in [0.5, 0.6) is 0 Å². The van der Waals surface area contributed by atoms with Gasteiger partial charge in [-0.3, -0.25) is 23.9 Å². The number of ether oxygens (including phenoxy) is 1. The lowest BCUT2D eigenvalue weighted by Gasteiger charge is -2.17. The van der Waals surface area contributed by atoms with Crippen LogP contribution in [0, 0.1) is 0 Å². The molecule has 0 saturated carbocycles. The van der Waals surface area contributed by atoms with Crippen molar-refractivity contribution in [3.63, 3.8) is 0 Å². The highest BCUT2D eigenvalue weighted by Crippen LogP contribution is 2.25. The van der Waals surface area contributed by atoms with Crippen LogP contribution in [-0.2, 0) is 11.3 Å². The van der Waals surface area contributed by atoms with Gasteiger partial charge in [-0.1, -0.05) is 36.0 Å². The summed E-state index contributed by atoms with van der Waals surface area (Å²) >= 11 is 1.38. The van der Waals surface area contributed by atoms with Crippen molar-refractivity contribution in [3.05, 3.63) is 70.0 Å². The molecule has 0 radical (unpaired) electrons. The van der Waals surface area contributed by atoms with E-state index in [0.29, 0.717) is 46.1 Å². The van der Waals surface area contributed by atoms with Crippen molar-refractivity contribution in [2.24, 2.45) is 0 Å². The molecular weight excluding hydrogens is 414 g/mol. The maximum Gasteiger partial charge on any atom is 0.262 e. The lowest BCUT2D eigenvalue weighted by molar-refractivity contribution is 0.0664. The van der Waals surface area contributed by atoms with Gasteiger partial charge in [0.05, 0.1) is 34.7 Å². The minimum atomic E-state index is -0.274. The van der Waals surface area contributed by atoms with Gasteiger partial charge >= 0.3 is 0 Å². The van der Waals surface area contributed by atoms with Crippen molar-refractivity contribution < 1.29 is 14.3 Å². The first kappa shape index (κ1) is 20.0. The molecule has 2 amide bonds. The summed E-state index contributed by atoms with van der Waals surface area (Å²) in [5.74, 6) is -0.101. The van der Waals surface area contributed by atoms with Crippen LogP contribution >= 0.6 is 11.8 Å². The average Bonchev–Trinajstić information content (AvgIpc) is 3.39. The number of fused-ring (bicyclic) bond motifs is 2. The Morgan fingerprint density at radius 3 is 2.42 bits per heavy atom. The second-order valence-electron chi connectivity index (χ2n) is 7.62. The van der Waals surface area contributed by atoms with Gasteiger partial charge in [-0.05, 0) is 37.1 Å². The highest BCUT2D eigenvalue weighted by Gasteiger charge is 2.34. The van der Waals surface area contributed by atoms with Crippen LogP contribution in [0.25, 0.3) is 10.9 Å². The summed E-state index contributed by atoms with van der Waals surface area (Å²) in [6.07, 6.45) is 1.90. The Kier molecular flexibility index (Phi) is 5.33. The van der Waals surface area contributed by atoms with E-state index in [-0.39, 0.29) is 30.0 Å². The van der Waals surface area contributed by atoms with E-state index in [1.807, 2.05) is 18.2 Å². The number of imide groups is 1. The van der Waals surface area contributed by atoms with Gasteiger partial charge in [-0.25, -0.2) is 4.98 Å². The molecule has 1 atom stereocenters. The fraction of sp³-hybridized carbons (Fsp3) is 0.304. The van der Waals surface area contributed by atoms with Crippen molar-refractivity contribution >= 4 is 34.5 Å². The van der Waals surface area contributed by atoms with E-state index in [1.54, 1.807) is 34.9 Å². The Morgan fingerprint density at radius 2 is 1.71 bits per heavy atom. The lowest BCUT2D eigenvalue weighted by Crippen LogP contribution is -2.32. The van der Waals surface area contributed by atoms with E-state index in [1.165, 1.54) is 16.7 Å². The van der Waals surface area contributed by atoms with Gasteiger partial charge in [0, 0.05) is 18.9 Å². The number of thioether (sulfide) groups is 1. The third-order valence-electron chi connectivity index (χ3n) is 5.66. The third kappa shape index (κ3) is 3.66. The van der Waals surface area contributed by atoms with E-state index in [4.69, 9.17) is 9.72 Å². The SMILES string of the molecule is O=C1c2ccccc2C(=O)N1CCSc1nc2ccccc2c(=O)n1CC1CCCO1. The summed E-state index contributed by atoms with van der Waals surface area (Å²) in [7, 11) is 0. The zero-order valence-electron chi connectivity index (χ0n) is 16.8. The molecule has 0 N–H and O–H groups in total. The molecule has 0 spiro atoms. The Morgan fingerprint density at radius 1 is 1.00 bits per heavy atom. The smallest absolute Gasteiger partial charge is 0.262 e. The van der Waals surface area contributed by atoms with E-state index >= 15 is 0 Å². The summed E-state index contributed by atoms with van der Waals surface area (Å²) in [6, 6.07) is 14.1. The maximum atomic E-state index is 13.1. The zero-order valence-corrected chi connectivity index (χ0v) is 17.6. The first-order valence-corrected chi connectivity index (χ1v) is 11.3. The van der Waals surface area contributed by atoms with Crippen LogP contribution in [0.2, 0.25) is 0 Å². The second kappa shape index (κ2) is 8.28. The van der Waals surface area contributed by atoms with Crippen molar-refractivity contribution in [2.75, 3.05) is 18.9 Å². The minimum absolute atomic E-state index is 0.00347. The molecule has 1 aromatic heterocycles. The minimum Gasteiger partial charge on any atom is -0.376 e. The predicted octanol–water partition coefficient (Wildman–Crippen LogP) is 2.96. The van der Waals surface area contributed by atoms with E-state index in [2.05, 4.69) is 0 Å². The first-order chi connectivity index (χ1) is 15.1. The van der Waals surface area contributed by atoms with Crippen LogP contribution in [0.3, 0.4) is 0 Å². The van der Waals surface area contributed by atoms with Crippen molar-refractivity contribution in [2.45, 2.75) is 30.6 Å². The normalized spacial score (nSPS) is 18.2. The largest absolute Gasteiger partial charge is 0.376 e. The van der Waals surface area contributed by atoms with Gasteiger partial charge in [0.1, 0.15) is 0 Å². The van der Waals surface area contributed by atoms with Crippen LogP contribution in [0.15, 0.2) is 58.5 Å². The number of amides is 2. The molecule has 5 rings (SSSR count). The Balaban J connectivity index is 1.38. The van der Waals surface area contributed by atoms with Crippen molar-refractivity contribution in [1.82, 2.24) is 14.5 Å². The number of hydrogen-bond acceptors (Lipinski definition) is 6. The highest BCUT2D eigenvalue weighted by atomic mass is 32.2. The number of hydrogen-bond donors (Lipinski definition) is 0. The third-order valence-corrected chi connectivity index (χ3v) is 6.62. The molecule has 2 aliphatic heterocycles. The van der Waals surface area contributed by atoms with E-state index in [0.717, 1.165) is 12.8 Å². The van der Waals surface area contributed by atoms with Gasteiger partial charge in [-0.15, -0.1) is 0 Å². The molecule has 0 aliphatic carbocycles. The lowest BCUT2D eigenvalue weighted by atomic mass is 10.1. The summed E-state index contributed by atoms with van der Waals surface area (Å²) in [4.78, 5) is 44.3. The number of aromatic nitrogens is 2. The standard InChI is InChI=1S/C23H21N3O4S/c27-20-16-7-1-2-8-17(16)21(28)25(20)11-13-31-23-24-19-10-4-3-9-18(19)22(29)26(23)14-15-6-5-12-30-15/h1-4,7-10,15H,5-6,11-14H2.